The Kier molecular flexibility index (Phi) is 4.68. The van der Waals surface area contributed by atoms with Crippen LogP contribution in [0.1, 0.15) is 25.0 Å². The lowest BCUT2D eigenvalue weighted by atomic mass is 10.1. The predicted octanol–water partition coefficient (Wildman–Crippen LogP) is 2.84. The highest BCUT2D eigenvalue weighted by atomic mass is 32.2. The van der Waals surface area contributed by atoms with Crippen molar-refractivity contribution in [3.63, 3.8) is 0 Å². The first-order valence-corrected chi connectivity index (χ1v) is 6.24. The van der Waals surface area contributed by atoms with E-state index in [2.05, 4.69) is 25.1 Å². The van der Waals surface area contributed by atoms with Crippen molar-refractivity contribution in [2.75, 3.05) is 5.75 Å². The van der Waals surface area contributed by atoms with Gasteiger partial charge in [-0.15, -0.1) is 11.8 Å². The van der Waals surface area contributed by atoms with Crippen LogP contribution in [0.5, 0.6) is 0 Å². The Morgan fingerprint density at radius 2 is 2.19 bits per heavy atom. The van der Waals surface area contributed by atoms with Crippen LogP contribution in [0.3, 0.4) is 0 Å². The number of hydrogen-bond donors (Lipinski definition) is 2. The average Bonchev–Trinajstić information content (AvgIpc) is 2.25. The van der Waals surface area contributed by atoms with Gasteiger partial charge in [0.2, 0.25) is 0 Å². The normalized spacial score (nSPS) is 12.1. The second kappa shape index (κ2) is 5.80. The van der Waals surface area contributed by atoms with Crippen LogP contribution in [0.4, 0.5) is 0 Å². The molecule has 1 aromatic rings. The van der Waals surface area contributed by atoms with Crippen LogP contribution in [0.25, 0.3) is 0 Å². The average molecular weight is 238 g/mol. The first-order valence-electron chi connectivity index (χ1n) is 5.26. The van der Waals surface area contributed by atoms with Gasteiger partial charge in [0.05, 0.1) is 0 Å². The molecule has 0 fully saturated rings. The predicted molar refractivity (Wildman–Crippen MR) is 69.3 cm³/mol. The lowest BCUT2D eigenvalue weighted by molar-refractivity contribution is 0.318. The molecule has 3 N–H and O–H groups in total. The quantitative estimate of drug-likeness (QED) is 0.279. The Labute approximate surface area is 101 Å². The number of hydrogen-bond acceptors (Lipinski definition) is 3. The Balaban J connectivity index is 2.99. The fourth-order valence-corrected chi connectivity index (χ4v) is 2.38. The molecule has 0 spiro atoms. The van der Waals surface area contributed by atoms with Gasteiger partial charge in [0.1, 0.15) is 0 Å². The Morgan fingerprint density at radius 1 is 1.50 bits per heavy atom. The molecule has 0 aliphatic carbocycles. The summed E-state index contributed by atoms with van der Waals surface area (Å²) in [6.45, 7) is 6.38. The first kappa shape index (κ1) is 12.9. The zero-order chi connectivity index (χ0) is 12.1. The molecule has 0 saturated carbocycles. The van der Waals surface area contributed by atoms with Crippen LogP contribution in [0.2, 0.25) is 0 Å². The molecule has 0 aromatic heterocycles. The van der Waals surface area contributed by atoms with Crippen molar-refractivity contribution < 1.29 is 5.21 Å². The zero-order valence-electron chi connectivity index (χ0n) is 9.90. The number of benzene rings is 1. The molecule has 0 aliphatic rings. The summed E-state index contributed by atoms with van der Waals surface area (Å²) in [5.74, 6) is 1.81. The van der Waals surface area contributed by atoms with Crippen LogP contribution < -0.4 is 5.73 Å². The topological polar surface area (TPSA) is 58.6 Å². The Bertz CT molecular complexity index is 389. The number of nitrogens with two attached hydrogens (primary N) is 1. The van der Waals surface area contributed by atoms with E-state index in [-0.39, 0.29) is 5.84 Å². The monoisotopic (exact) mass is 238 g/mol. The van der Waals surface area contributed by atoms with Crippen molar-refractivity contribution in [3.8, 4) is 0 Å². The second-order valence-corrected chi connectivity index (χ2v) is 5.25. The first-order chi connectivity index (χ1) is 7.54. The molecule has 0 bridgehead atoms. The van der Waals surface area contributed by atoms with E-state index in [1.807, 2.05) is 19.1 Å². The maximum absolute atomic E-state index is 8.71. The third-order valence-corrected chi connectivity index (χ3v) is 3.58. The van der Waals surface area contributed by atoms with E-state index in [4.69, 9.17) is 10.9 Å². The molecule has 0 atom stereocenters. The summed E-state index contributed by atoms with van der Waals surface area (Å²) in [5.41, 5.74) is 7.62. The van der Waals surface area contributed by atoms with Crippen LogP contribution in [0, 0.1) is 12.8 Å². The zero-order valence-corrected chi connectivity index (χ0v) is 10.7. The summed E-state index contributed by atoms with van der Waals surface area (Å²) in [5, 5.41) is 11.8. The molecule has 0 radical (unpaired) electrons. The molecule has 0 amide bonds. The van der Waals surface area contributed by atoms with Crippen molar-refractivity contribution in [3.05, 3.63) is 29.3 Å². The van der Waals surface area contributed by atoms with Crippen molar-refractivity contribution in [2.45, 2.75) is 25.7 Å². The molecular weight excluding hydrogens is 220 g/mol. The molecule has 0 unspecified atom stereocenters. The Hall–Kier alpha value is -1.16. The molecule has 4 heteroatoms. The van der Waals surface area contributed by atoms with Crippen molar-refractivity contribution in [1.82, 2.24) is 0 Å². The number of rotatable bonds is 4. The van der Waals surface area contributed by atoms with E-state index in [9.17, 15) is 0 Å². The van der Waals surface area contributed by atoms with Gasteiger partial charge in [-0.3, -0.25) is 0 Å². The van der Waals surface area contributed by atoms with Gasteiger partial charge in [-0.1, -0.05) is 25.1 Å². The van der Waals surface area contributed by atoms with E-state index in [1.54, 1.807) is 11.8 Å². The van der Waals surface area contributed by atoms with Gasteiger partial charge in [-0.05, 0) is 30.5 Å². The molecule has 3 nitrogen and oxygen atoms in total. The van der Waals surface area contributed by atoms with E-state index in [0.717, 1.165) is 16.2 Å². The molecule has 1 rings (SSSR count). The van der Waals surface area contributed by atoms with Gasteiger partial charge in [0.25, 0.3) is 0 Å². The van der Waals surface area contributed by atoms with Crippen LogP contribution in [-0.2, 0) is 0 Å². The minimum absolute atomic E-state index is 0.172. The van der Waals surface area contributed by atoms with Crippen molar-refractivity contribution >= 4 is 17.6 Å². The molecule has 0 heterocycles. The SMILES string of the molecule is Cc1ccc(C(N)=NO)c(SCC(C)C)c1. The highest BCUT2D eigenvalue weighted by Crippen LogP contribution is 2.25. The Morgan fingerprint density at radius 3 is 2.75 bits per heavy atom. The van der Waals surface area contributed by atoms with E-state index in [0.29, 0.717) is 5.92 Å². The highest BCUT2D eigenvalue weighted by Gasteiger charge is 2.08. The minimum Gasteiger partial charge on any atom is -0.409 e. The van der Waals surface area contributed by atoms with Crippen molar-refractivity contribution in [1.29, 1.82) is 0 Å². The fourth-order valence-electron chi connectivity index (χ4n) is 1.27. The summed E-state index contributed by atoms with van der Waals surface area (Å²) in [6.07, 6.45) is 0. The third kappa shape index (κ3) is 3.45. The van der Waals surface area contributed by atoms with E-state index in [1.165, 1.54) is 5.56 Å². The fraction of sp³-hybridized carbons (Fsp3) is 0.417. The van der Waals surface area contributed by atoms with Gasteiger partial charge in [0.15, 0.2) is 5.84 Å². The summed E-state index contributed by atoms with van der Waals surface area (Å²) >= 11 is 1.74. The van der Waals surface area contributed by atoms with Gasteiger partial charge in [-0.2, -0.15) is 0 Å². The summed E-state index contributed by atoms with van der Waals surface area (Å²) < 4.78 is 0. The molecular formula is C12H18N2OS. The molecule has 16 heavy (non-hydrogen) atoms. The molecule has 1 aromatic carbocycles. The van der Waals surface area contributed by atoms with Crippen molar-refractivity contribution in [2.24, 2.45) is 16.8 Å². The van der Waals surface area contributed by atoms with Gasteiger partial charge in [0, 0.05) is 16.2 Å². The number of nitrogens with zero attached hydrogens (tertiary/aromatic N) is 1. The van der Waals surface area contributed by atoms with E-state index < -0.39 is 0 Å². The number of thioether (sulfide) groups is 1. The standard InChI is InChI=1S/C12H18N2OS/c1-8(2)7-16-11-6-9(3)4-5-10(11)12(13)14-15/h4-6,8,15H,7H2,1-3H3,(H2,13,14). The largest absolute Gasteiger partial charge is 0.409 e. The lowest BCUT2D eigenvalue weighted by Gasteiger charge is -2.10. The number of oxime groups is 1. The summed E-state index contributed by atoms with van der Waals surface area (Å²) in [7, 11) is 0. The summed E-state index contributed by atoms with van der Waals surface area (Å²) in [6, 6.07) is 5.93. The van der Waals surface area contributed by atoms with Crippen LogP contribution in [0.15, 0.2) is 28.3 Å². The van der Waals surface area contributed by atoms with Crippen LogP contribution in [-0.4, -0.2) is 16.8 Å². The van der Waals surface area contributed by atoms with E-state index >= 15 is 0 Å². The molecule has 0 saturated heterocycles. The molecule has 88 valence electrons. The number of aryl methyl sites for hydroxylation is 1. The highest BCUT2D eigenvalue weighted by molar-refractivity contribution is 7.99. The lowest BCUT2D eigenvalue weighted by Crippen LogP contribution is -2.14. The van der Waals surface area contributed by atoms with Gasteiger partial charge >= 0.3 is 0 Å². The summed E-state index contributed by atoms with van der Waals surface area (Å²) in [4.78, 5) is 1.07. The third-order valence-electron chi connectivity index (χ3n) is 2.09. The van der Waals surface area contributed by atoms with Crippen LogP contribution >= 0.6 is 11.8 Å². The smallest absolute Gasteiger partial charge is 0.171 e. The maximum atomic E-state index is 8.71. The van der Waals surface area contributed by atoms with Gasteiger partial charge < -0.3 is 10.9 Å². The van der Waals surface area contributed by atoms with Gasteiger partial charge in [-0.25, -0.2) is 0 Å². The minimum atomic E-state index is 0.172. The second-order valence-electron chi connectivity index (χ2n) is 4.19. The number of amidine groups is 1. The maximum Gasteiger partial charge on any atom is 0.171 e. The molecule has 0 aliphatic heterocycles.